The maximum atomic E-state index is 5.73. The Morgan fingerprint density at radius 3 is 2.89 bits per heavy atom. The SMILES string of the molecule is CC1CCC(Nc2nc(N)nc3[nH]ncc23)CC1C. The molecule has 1 aliphatic rings. The van der Waals surface area contributed by atoms with E-state index in [0.717, 1.165) is 23.0 Å². The van der Waals surface area contributed by atoms with E-state index in [2.05, 4.69) is 39.3 Å². The Labute approximate surface area is 112 Å². The molecule has 1 aliphatic carbocycles. The lowest BCUT2D eigenvalue weighted by Gasteiger charge is -2.32. The minimum absolute atomic E-state index is 0.275. The number of nitrogens with zero attached hydrogens (tertiary/aromatic N) is 3. The van der Waals surface area contributed by atoms with Crippen LogP contribution in [0.3, 0.4) is 0 Å². The fraction of sp³-hybridized carbons (Fsp3) is 0.615. The molecule has 6 nitrogen and oxygen atoms in total. The maximum absolute atomic E-state index is 5.73. The standard InChI is InChI=1S/C13H20N6/c1-7-3-4-9(5-8(7)2)16-11-10-6-15-19-12(10)18-13(14)17-11/h6-9H,3-5H2,1-2H3,(H4,14,15,16,17,18,19). The second-order valence-electron chi connectivity index (χ2n) is 5.67. The zero-order chi connectivity index (χ0) is 13.4. The molecule has 19 heavy (non-hydrogen) atoms. The quantitative estimate of drug-likeness (QED) is 0.769. The van der Waals surface area contributed by atoms with Gasteiger partial charge in [-0.25, -0.2) is 0 Å². The molecular formula is C13H20N6. The summed E-state index contributed by atoms with van der Waals surface area (Å²) in [4.78, 5) is 8.43. The van der Waals surface area contributed by atoms with Gasteiger partial charge in [-0.05, 0) is 31.1 Å². The van der Waals surface area contributed by atoms with Gasteiger partial charge in [0.25, 0.3) is 0 Å². The van der Waals surface area contributed by atoms with Gasteiger partial charge in [0.05, 0.1) is 11.6 Å². The summed E-state index contributed by atoms with van der Waals surface area (Å²) in [6, 6.07) is 0.457. The van der Waals surface area contributed by atoms with Crippen molar-refractivity contribution in [3.05, 3.63) is 6.20 Å². The van der Waals surface area contributed by atoms with Gasteiger partial charge in [-0.15, -0.1) is 0 Å². The molecule has 2 aromatic heterocycles. The predicted molar refractivity (Wildman–Crippen MR) is 75.7 cm³/mol. The lowest BCUT2D eigenvalue weighted by atomic mass is 9.79. The van der Waals surface area contributed by atoms with Crippen LogP contribution < -0.4 is 11.1 Å². The third kappa shape index (κ3) is 2.34. The first-order valence-electron chi connectivity index (χ1n) is 6.86. The molecule has 1 fully saturated rings. The van der Waals surface area contributed by atoms with Crippen molar-refractivity contribution in [3.8, 4) is 0 Å². The van der Waals surface area contributed by atoms with E-state index in [9.17, 15) is 0 Å². The first-order valence-corrected chi connectivity index (χ1v) is 6.86. The van der Waals surface area contributed by atoms with E-state index in [0.29, 0.717) is 11.7 Å². The van der Waals surface area contributed by atoms with Crippen molar-refractivity contribution in [2.24, 2.45) is 11.8 Å². The van der Waals surface area contributed by atoms with Crippen molar-refractivity contribution in [1.82, 2.24) is 20.2 Å². The van der Waals surface area contributed by atoms with Crippen molar-refractivity contribution in [2.45, 2.75) is 39.2 Å². The molecule has 0 bridgehead atoms. The predicted octanol–water partition coefficient (Wildman–Crippen LogP) is 2.17. The number of fused-ring (bicyclic) bond motifs is 1. The van der Waals surface area contributed by atoms with E-state index < -0.39 is 0 Å². The van der Waals surface area contributed by atoms with E-state index in [1.807, 2.05) is 0 Å². The van der Waals surface area contributed by atoms with Crippen LogP contribution >= 0.6 is 0 Å². The molecule has 0 saturated heterocycles. The summed E-state index contributed by atoms with van der Waals surface area (Å²) in [5.41, 5.74) is 6.42. The van der Waals surface area contributed by atoms with Gasteiger partial charge < -0.3 is 11.1 Å². The molecular weight excluding hydrogens is 240 g/mol. The van der Waals surface area contributed by atoms with Crippen molar-refractivity contribution in [2.75, 3.05) is 11.1 Å². The Morgan fingerprint density at radius 2 is 2.11 bits per heavy atom. The zero-order valence-corrected chi connectivity index (χ0v) is 11.3. The summed E-state index contributed by atoms with van der Waals surface area (Å²) >= 11 is 0. The third-order valence-corrected chi connectivity index (χ3v) is 4.27. The second-order valence-corrected chi connectivity index (χ2v) is 5.67. The van der Waals surface area contributed by atoms with E-state index in [1.165, 1.54) is 19.3 Å². The molecule has 4 N–H and O–H groups in total. The van der Waals surface area contributed by atoms with E-state index >= 15 is 0 Å². The summed E-state index contributed by atoms with van der Waals surface area (Å²) in [7, 11) is 0. The number of H-pyrrole nitrogens is 1. The lowest BCUT2D eigenvalue weighted by Crippen LogP contribution is -2.30. The topological polar surface area (TPSA) is 92.5 Å². The molecule has 0 amide bonds. The summed E-state index contributed by atoms with van der Waals surface area (Å²) in [5.74, 6) is 2.62. The molecule has 0 aliphatic heterocycles. The van der Waals surface area contributed by atoms with Gasteiger partial charge in [-0.2, -0.15) is 15.1 Å². The van der Waals surface area contributed by atoms with Gasteiger partial charge in [0.1, 0.15) is 5.82 Å². The van der Waals surface area contributed by atoms with Crippen LogP contribution in [0, 0.1) is 11.8 Å². The number of anilines is 2. The van der Waals surface area contributed by atoms with Crippen molar-refractivity contribution < 1.29 is 0 Å². The minimum atomic E-state index is 0.275. The van der Waals surface area contributed by atoms with Crippen LogP contribution in [-0.2, 0) is 0 Å². The van der Waals surface area contributed by atoms with Gasteiger partial charge in [0.15, 0.2) is 5.65 Å². The van der Waals surface area contributed by atoms with E-state index in [-0.39, 0.29) is 5.95 Å². The minimum Gasteiger partial charge on any atom is -0.368 e. The summed E-state index contributed by atoms with van der Waals surface area (Å²) in [6.07, 6.45) is 5.35. The number of rotatable bonds is 2. The number of hydrogen-bond donors (Lipinski definition) is 3. The average Bonchev–Trinajstić information content (AvgIpc) is 2.82. The lowest BCUT2D eigenvalue weighted by molar-refractivity contribution is 0.260. The number of aromatic nitrogens is 4. The smallest absolute Gasteiger partial charge is 0.224 e. The third-order valence-electron chi connectivity index (χ3n) is 4.27. The van der Waals surface area contributed by atoms with Gasteiger partial charge in [0.2, 0.25) is 5.95 Å². The van der Waals surface area contributed by atoms with E-state index in [1.54, 1.807) is 6.20 Å². The number of nitrogens with one attached hydrogen (secondary N) is 2. The summed E-state index contributed by atoms with van der Waals surface area (Å²) in [6.45, 7) is 4.65. The second kappa shape index (κ2) is 4.68. The normalized spacial score (nSPS) is 27.6. The fourth-order valence-corrected chi connectivity index (χ4v) is 2.83. The number of hydrogen-bond acceptors (Lipinski definition) is 5. The first-order chi connectivity index (χ1) is 9.13. The molecule has 3 rings (SSSR count). The monoisotopic (exact) mass is 260 g/mol. The Hall–Kier alpha value is -1.85. The van der Waals surface area contributed by atoms with Gasteiger partial charge in [-0.3, -0.25) is 5.10 Å². The highest BCUT2D eigenvalue weighted by atomic mass is 15.2. The Morgan fingerprint density at radius 1 is 1.26 bits per heavy atom. The summed E-state index contributed by atoms with van der Waals surface area (Å²) in [5, 5.41) is 11.2. The van der Waals surface area contributed by atoms with E-state index in [4.69, 9.17) is 5.73 Å². The molecule has 6 heteroatoms. The molecule has 3 unspecified atom stereocenters. The highest BCUT2D eigenvalue weighted by Crippen LogP contribution is 2.31. The van der Waals surface area contributed by atoms with Crippen LogP contribution in [0.4, 0.5) is 11.8 Å². The van der Waals surface area contributed by atoms with Crippen molar-refractivity contribution in [1.29, 1.82) is 0 Å². The van der Waals surface area contributed by atoms with Crippen LogP contribution in [0.15, 0.2) is 6.20 Å². The Balaban J connectivity index is 1.83. The fourth-order valence-electron chi connectivity index (χ4n) is 2.83. The Kier molecular flexibility index (Phi) is 3.00. The van der Waals surface area contributed by atoms with Crippen molar-refractivity contribution >= 4 is 22.8 Å². The largest absolute Gasteiger partial charge is 0.368 e. The molecule has 0 aromatic carbocycles. The van der Waals surface area contributed by atoms with Crippen molar-refractivity contribution in [3.63, 3.8) is 0 Å². The highest BCUT2D eigenvalue weighted by molar-refractivity contribution is 5.86. The van der Waals surface area contributed by atoms with Crippen LogP contribution in [0.5, 0.6) is 0 Å². The van der Waals surface area contributed by atoms with Gasteiger partial charge in [-0.1, -0.05) is 13.8 Å². The molecule has 2 aromatic rings. The highest BCUT2D eigenvalue weighted by Gasteiger charge is 2.25. The molecule has 1 saturated carbocycles. The number of nitrogens with two attached hydrogens (primary N) is 1. The maximum Gasteiger partial charge on any atom is 0.224 e. The first kappa shape index (κ1) is 12.2. The molecule has 0 spiro atoms. The average molecular weight is 260 g/mol. The van der Waals surface area contributed by atoms with Gasteiger partial charge >= 0.3 is 0 Å². The number of nitrogen functional groups attached to an aromatic ring is 1. The van der Waals surface area contributed by atoms with Crippen LogP contribution in [-0.4, -0.2) is 26.2 Å². The van der Waals surface area contributed by atoms with Gasteiger partial charge in [0, 0.05) is 6.04 Å². The number of aromatic amines is 1. The summed E-state index contributed by atoms with van der Waals surface area (Å²) < 4.78 is 0. The van der Waals surface area contributed by atoms with Crippen LogP contribution in [0.2, 0.25) is 0 Å². The zero-order valence-electron chi connectivity index (χ0n) is 11.3. The Bertz CT molecular complexity index is 578. The van der Waals surface area contributed by atoms with Crippen LogP contribution in [0.25, 0.3) is 11.0 Å². The molecule has 2 heterocycles. The molecule has 102 valence electrons. The molecule has 3 atom stereocenters. The molecule has 0 radical (unpaired) electrons. The van der Waals surface area contributed by atoms with Crippen LogP contribution in [0.1, 0.15) is 33.1 Å².